The molecule has 0 saturated heterocycles. The molecule has 0 radical (unpaired) electrons. The second-order valence-corrected chi connectivity index (χ2v) is 7.94. The number of amides is 1. The zero-order valence-corrected chi connectivity index (χ0v) is 18.9. The summed E-state index contributed by atoms with van der Waals surface area (Å²) in [5, 5.41) is 12.6. The summed E-state index contributed by atoms with van der Waals surface area (Å²) < 4.78 is 12.4. The van der Waals surface area contributed by atoms with E-state index in [1.807, 2.05) is 79.7 Å². The molecule has 5 aromatic rings. The quantitative estimate of drug-likeness (QED) is 0.393. The lowest BCUT2D eigenvalue weighted by atomic mass is 10.1. The number of aromatic nitrogens is 4. The van der Waals surface area contributed by atoms with Gasteiger partial charge in [-0.25, -0.2) is 0 Å². The van der Waals surface area contributed by atoms with Crippen LogP contribution in [0.15, 0.2) is 77.3 Å². The molecule has 1 amide bonds. The summed E-state index contributed by atoms with van der Waals surface area (Å²) in [6, 6.07) is 23.1. The number of methoxy groups -OCH3 is 1. The van der Waals surface area contributed by atoms with Gasteiger partial charge in [-0.1, -0.05) is 59.3 Å². The summed E-state index contributed by atoms with van der Waals surface area (Å²) in [7, 11) is 1.62. The van der Waals surface area contributed by atoms with Crippen molar-refractivity contribution in [1.82, 2.24) is 25.2 Å². The van der Waals surface area contributed by atoms with Crippen LogP contribution in [0.5, 0.6) is 5.75 Å². The number of ether oxygens (including phenoxy) is 1. The first kappa shape index (κ1) is 21.4. The van der Waals surface area contributed by atoms with Gasteiger partial charge in [-0.2, -0.15) is 10.1 Å². The Morgan fingerprint density at radius 1 is 1.06 bits per heavy atom. The van der Waals surface area contributed by atoms with Crippen LogP contribution in [0.3, 0.4) is 0 Å². The minimum absolute atomic E-state index is 0.0650. The minimum Gasteiger partial charge on any atom is -0.497 e. The Morgan fingerprint density at radius 2 is 1.88 bits per heavy atom. The van der Waals surface area contributed by atoms with Crippen LogP contribution < -0.4 is 10.1 Å². The number of para-hydroxylation sites is 1. The highest BCUT2D eigenvalue weighted by molar-refractivity contribution is 5.92. The highest BCUT2D eigenvalue weighted by atomic mass is 16.5. The molecule has 1 N–H and O–H groups in total. The molecule has 34 heavy (non-hydrogen) atoms. The molecule has 0 saturated carbocycles. The SMILES string of the molecule is COc1ccc(CNC(=O)Cn2nc(-c3nc(-c4cccc(C)c4)no3)c3ccccc32)cc1. The summed E-state index contributed by atoms with van der Waals surface area (Å²) in [4.78, 5) is 17.2. The van der Waals surface area contributed by atoms with Crippen LogP contribution in [0.4, 0.5) is 0 Å². The van der Waals surface area contributed by atoms with E-state index in [1.54, 1.807) is 11.8 Å². The summed E-state index contributed by atoms with van der Waals surface area (Å²) >= 11 is 0. The molecule has 0 unspecified atom stereocenters. The smallest absolute Gasteiger partial charge is 0.279 e. The van der Waals surface area contributed by atoms with Gasteiger partial charge in [-0.3, -0.25) is 9.48 Å². The third-order valence-corrected chi connectivity index (χ3v) is 5.50. The maximum absolute atomic E-state index is 12.7. The maximum Gasteiger partial charge on any atom is 0.279 e. The Kier molecular flexibility index (Phi) is 5.78. The third kappa shape index (κ3) is 4.38. The Hall–Kier alpha value is -4.46. The number of nitrogens with zero attached hydrogens (tertiary/aromatic N) is 4. The van der Waals surface area contributed by atoms with E-state index in [0.717, 1.165) is 33.3 Å². The number of fused-ring (bicyclic) bond motifs is 1. The van der Waals surface area contributed by atoms with Crippen LogP contribution in [0.2, 0.25) is 0 Å². The van der Waals surface area contributed by atoms with Crippen LogP contribution in [0, 0.1) is 6.92 Å². The van der Waals surface area contributed by atoms with Gasteiger partial charge >= 0.3 is 0 Å². The molecule has 0 aliphatic carbocycles. The molecule has 0 aliphatic rings. The fourth-order valence-electron chi connectivity index (χ4n) is 3.76. The molecule has 0 atom stereocenters. The minimum atomic E-state index is -0.151. The van der Waals surface area contributed by atoms with Crippen molar-refractivity contribution in [2.75, 3.05) is 7.11 Å². The van der Waals surface area contributed by atoms with E-state index >= 15 is 0 Å². The first-order chi connectivity index (χ1) is 16.6. The van der Waals surface area contributed by atoms with Gasteiger partial charge in [0.2, 0.25) is 11.7 Å². The van der Waals surface area contributed by atoms with Crippen molar-refractivity contribution in [3.8, 4) is 28.7 Å². The summed E-state index contributed by atoms with van der Waals surface area (Å²) in [5.74, 6) is 1.43. The van der Waals surface area contributed by atoms with Crippen molar-refractivity contribution in [2.45, 2.75) is 20.0 Å². The van der Waals surface area contributed by atoms with E-state index in [4.69, 9.17) is 9.26 Å². The second kappa shape index (κ2) is 9.19. The highest BCUT2D eigenvalue weighted by Gasteiger charge is 2.19. The second-order valence-electron chi connectivity index (χ2n) is 7.94. The van der Waals surface area contributed by atoms with Crippen molar-refractivity contribution in [3.63, 3.8) is 0 Å². The van der Waals surface area contributed by atoms with Gasteiger partial charge in [-0.15, -0.1) is 0 Å². The fraction of sp³-hybridized carbons (Fsp3) is 0.154. The number of hydrogen-bond donors (Lipinski definition) is 1. The maximum atomic E-state index is 12.7. The van der Waals surface area contributed by atoms with Crippen molar-refractivity contribution in [2.24, 2.45) is 0 Å². The van der Waals surface area contributed by atoms with Gasteiger partial charge in [0.05, 0.1) is 12.6 Å². The predicted molar refractivity (Wildman–Crippen MR) is 128 cm³/mol. The Labute approximate surface area is 196 Å². The number of rotatable bonds is 7. The molecule has 0 bridgehead atoms. The zero-order chi connectivity index (χ0) is 23.5. The van der Waals surface area contributed by atoms with Crippen LogP contribution in [0.25, 0.3) is 33.9 Å². The van der Waals surface area contributed by atoms with Crippen LogP contribution >= 0.6 is 0 Å². The number of carbonyl (C=O) groups excluding carboxylic acids is 1. The largest absolute Gasteiger partial charge is 0.497 e. The normalized spacial score (nSPS) is 11.0. The lowest BCUT2D eigenvalue weighted by Crippen LogP contribution is -2.27. The van der Waals surface area contributed by atoms with Crippen molar-refractivity contribution < 1.29 is 14.1 Å². The molecule has 3 aromatic carbocycles. The molecule has 0 aliphatic heterocycles. The number of nitrogens with one attached hydrogen (secondary N) is 1. The average molecular weight is 454 g/mol. The summed E-state index contributed by atoms with van der Waals surface area (Å²) in [6.07, 6.45) is 0. The van der Waals surface area contributed by atoms with Crippen LogP contribution in [-0.4, -0.2) is 32.9 Å². The topological polar surface area (TPSA) is 95.1 Å². The molecular formula is C26H23N5O3. The molecule has 170 valence electrons. The monoisotopic (exact) mass is 453 g/mol. The van der Waals surface area contributed by atoms with E-state index in [2.05, 4.69) is 20.6 Å². The average Bonchev–Trinajstić information content (AvgIpc) is 3.49. The van der Waals surface area contributed by atoms with Gasteiger partial charge in [0.25, 0.3) is 5.89 Å². The van der Waals surface area contributed by atoms with Gasteiger partial charge in [0, 0.05) is 17.5 Å². The molecule has 5 rings (SSSR count). The number of hydrogen-bond acceptors (Lipinski definition) is 6. The van der Waals surface area contributed by atoms with Gasteiger partial charge in [-0.05, 0) is 36.8 Å². The number of benzene rings is 3. The Balaban J connectivity index is 1.37. The Morgan fingerprint density at radius 3 is 2.68 bits per heavy atom. The molecule has 2 aromatic heterocycles. The van der Waals surface area contributed by atoms with Crippen molar-refractivity contribution in [1.29, 1.82) is 0 Å². The number of carbonyl (C=O) groups is 1. The lowest BCUT2D eigenvalue weighted by Gasteiger charge is -2.07. The molecule has 8 nitrogen and oxygen atoms in total. The van der Waals surface area contributed by atoms with E-state index in [-0.39, 0.29) is 12.5 Å². The van der Waals surface area contributed by atoms with Gasteiger partial charge in [0.1, 0.15) is 12.3 Å². The first-order valence-corrected chi connectivity index (χ1v) is 10.9. The molecule has 0 fully saturated rings. The first-order valence-electron chi connectivity index (χ1n) is 10.9. The van der Waals surface area contributed by atoms with Gasteiger partial charge < -0.3 is 14.6 Å². The predicted octanol–water partition coefficient (Wildman–Crippen LogP) is 4.39. The van der Waals surface area contributed by atoms with E-state index in [0.29, 0.717) is 24.0 Å². The molecule has 2 heterocycles. The molecular weight excluding hydrogens is 430 g/mol. The standard InChI is InChI=1S/C26H23N5O3/c1-17-6-5-7-19(14-17)25-28-26(34-30-25)24-21-8-3-4-9-22(21)31(29-24)16-23(32)27-15-18-10-12-20(33-2)13-11-18/h3-14H,15-16H2,1-2H3,(H,27,32). The summed E-state index contributed by atoms with van der Waals surface area (Å²) in [6.45, 7) is 2.49. The number of aryl methyl sites for hydroxylation is 1. The van der Waals surface area contributed by atoms with Crippen LogP contribution in [-0.2, 0) is 17.9 Å². The molecule has 8 heteroatoms. The van der Waals surface area contributed by atoms with E-state index in [1.165, 1.54) is 0 Å². The van der Waals surface area contributed by atoms with Crippen molar-refractivity contribution in [3.05, 3.63) is 83.9 Å². The van der Waals surface area contributed by atoms with E-state index in [9.17, 15) is 4.79 Å². The molecule has 0 spiro atoms. The highest BCUT2D eigenvalue weighted by Crippen LogP contribution is 2.28. The van der Waals surface area contributed by atoms with E-state index < -0.39 is 0 Å². The summed E-state index contributed by atoms with van der Waals surface area (Å²) in [5.41, 5.74) is 4.32. The Bertz CT molecular complexity index is 1450. The lowest BCUT2D eigenvalue weighted by molar-refractivity contribution is -0.121. The fourth-order valence-corrected chi connectivity index (χ4v) is 3.76. The zero-order valence-electron chi connectivity index (χ0n) is 18.9. The van der Waals surface area contributed by atoms with Crippen LogP contribution in [0.1, 0.15) is 11.1 Å². The third-order valence-electron chi connectivity index (χ3n) is 5.50. The van der Waals surface area contributed by atoms with Gasteiger partial charge in [0.15, 0.2) is 5.69 Å². The van der Waals surface area contributed by atoms with Crippen molar-refractivity contribution >= 4 is 16.8 Å².